The third-order valence-electron chi connectivity index (χ3n) is 5.22. The fourth-order valence-electron chi connectivity index (χ4n) is 3.55. The van der Waals surface area contributed by atoms with Crippen molar-refractivity contribution in [2.24, 2.45) is 0 Å². The lowest BCUT2D eigenvalue weighted by molar-refractivity contribution is 0.0522. The van der Waals surface area contributed by atoms with Crippen LogP contribution < -0.4 is 5.32 Å². The first kappa shape index (κ1) is 25.4. The van der Waals surface area contributed by atoms with Crippen LogP contribution in [-0.4, -0.2) is 46.4 Å². The molecule has 1 N–H and O–H groups in total. The smallest absolute Gasteiger partial charge is 0.435 e. The zero-order valence-corrected chi connectivity index (χ0v) is 21.4. The van der Waals surface area contributed by atoms with Gasteiger partial charge in [-0.3, -0.25) is 4.98 Å². The van der Waals surface area contributed by atoms with Crippen LogP contribution in [0.25, 0.3) is 22.4 Å². The molecular weight excluding hydrogens is 499 g/mol. The summed E-state index contributed by atoms with van der Waals surface area (Å²) < 4.78 is 20.0. The zero-order valence-electron chi connectivity index (χ0n) is 21.4. The number of ether oxygens (including phenoxy) is 1. The predicted octanol–water partition coefficient (Wildman–Crippen LogP) is 4.61. The van der Waals surface area contributed by atoms with Gasteiger partial charge in [-0.25, -0.2) is 29.1 Å². The highest BCUT2D eigenvalue weighted by Gasteiger charge is 2.20. The number of benzene rings is 1. The second-order valence-corrected chi connectivity index (χ2v) is 9.46. The van der Waals surface area contributed by atoms with E-state index in [1.54, 1.807) is 69.8 Å². The van der Waals surface area contributed by atoms with E-state index in [-0.39, 0.29) is 0 Å². The molecule has 0 aliphatic heterocycles. The van der Waals surface area contributed by atoms with E-state index < -0.39 is 17.5 Å². The van der Waals surface area contributed by atoms with E-state index >= 15 is 0 Å². The summed E-state index contributed by atoms with van der Waals surface area (Å²) in [6, 6.07) is 10.2. The fraction of sp³-hybridized carbons (Fsp3) is 0.179. The molecule has 0 bridgehead atoms. The summed E-state index contributed by atoms with van der Waals surface area (Å²) in [6.45, 7) is 5.71. The molecular formula is C28H23FN8O2. The molecule has 39 heavy (non-hydrogen) atoms. The van der Waals surface area contributed by atoms with Gasteiger partial charge in [-0.05, 0) is 68.7 Å². The minimum atomic E-state index is -0.623. The molecule has 0 saturated carbocycles. The molecule has 0 spiro atoms. The first-order chi connectivity index (χ1) is 18.7. The van der Waals surface area contributed by atoms with E-state index in [9.17, 15) is 9.18 Å². The van der Waals surface area contributed by atoms with E-state index in [1.807, 2.05) is 6.07 Å². The van der Waals surface area contributed by atoms with Crippen molar-refractivity contribution in [3.63, 3.8) is 0 Å². The van der Waals surface area contributed by atoms with E-state index in [1.165, 1.54) is 10.7 Å². The van der Waals surface area contributed by atoms with Gasteiger partial charge in [0.05, 0.1) is 17.9 Å². The number of hydrogen-bond donors (Lipinski definition) is 1. The van der Waals surface area contributed by atoms with Crippen LogP contribution in [0.1, 0.15) is 37.6 Å². The van der Waals surface area contributed by atoms with E-state index in [0.717, 1.165) is 17.1 Å². The number of aromatic nitrogens is 7. The molecule has 0 amide bonds. The van der Waals surface area contributed by atoms with Crippen molar-refractivity contribution in [2.45, 2.75) is 32.9 Å². The number of carbonyl (C=O) groups excluding carboxylic acids is 1. The lowest BCUT2D eigenvalue weighted by Gasteiger charge is -2.19. The number of fused-ring (bicyclic) bond motifs is 1. The molecule has 0 fully saturated rings. The highest BCUT2D eigenvalue weighted by molar-refractivity contribution is 5.88. The Bertz CT molecular complexity index is 1730. The SMILES string of the molecule is CC(C)(C)OC(=O)n1ncc2cc(C#Cc3ccnc(-c4ccnc(NCc5cncc(F)c5)n4)n3)ccc21. The topological polar surface area (TPSA) is 121 Å². The molecule has 0 unspecified atom stereocenters. The number of anilines is 1. The summed E-state index contributed by atoms with van der Waals surface area (Å²) in [5.41, 5.74) is 2.40. The van der Waals surface area contributed by atoms with Crippen LogP contribution >= 0.6 is 0 Å². The molecule has 10 nitrogen and oxygen atoms in total. The number of nitrogens with zero attached hydrogens (tertiary/aromatic N) is 7. The van der Waals surface area contributed by atoms with Crippen LogP contribution in [0.2, 0.25) is 0 Å². The highest BCUT2D eigenvalue weighted by atomic mass is 19.1. The second-order valence-electron chi connectivity index (χ2n) is 9.46. The molecule has 194 valence electrons. The molecule has 0 atom stereocenters. The zero-order chi connectivity index (χ0) is 27.4. The van der Waals surface area contributed by atoms with Crippen molar-refractivity contribution in [1.82, 2.24) is 34.7 Å². The van der Waals surface area contributed by atoms with Gasteiger partial charge in [-0.2, -0.15) is 9.78 Å². The molecule has 0 aliphatic rings. The number of carbonyl (C=O) groups is 1. The normalized spacial score (nSPS) is 11.1. The number of nitrogens with one attached hydrogen (secondary N) is 1. The summed E-state index contributed by atoms with van der Waals surface area (Å²) >= 11 is 0. The van der Waals surface area contributed by atoms with Crippen molar-refractivity contribution in [3.05, 3.63) is 90.0 Å². The first-order valence-electron chi connectivity index (χ1n) is 12.0. The Morgan fingerprint density at radius 2 is 1.87 bits per heavy atom. The van der Waals surface area contributed by atoms with Gasteiger partial charge in [0.25, 0.3) is 0 Å². The monoisotopic (exact) mass is 522 g/mol. The van der Waals surface area contributed by atoms with Crippen molar-refractivity contribution < 1.29 is 13.9 Å². The van der Waals surface area contributed by atoms with Crippen molar-refractivity contribution >= 4 is 22.9 Å². The Kier molecular flexibility index (Phi) is 6.93. The maximum atomic E-state index is 13.4. The van der Waals surface area contributed by atoms with Gasteiger partial charge in [0, 0.05) is 36.1 Å². The van der Waals surface area contributed by atoms with Gasteiger partial charge in [0.15, 0.2) is 5.82 Å². The van der Waals surface area contributed by atoms with Crippen LogP contribution in [0.15, 0.2) is 67.4 Å². The number of halogens is 1. The van der Waals surface area contributed by atoms with Crippen molar-refractivity contribution in [2.75, 3.05) is 5.32 Å². The molecule has 4 aromatic heterocycles. The molecule has 11 heteroatoms. The lowest BCUT2D eigenvalue weighted by Crippen LogP contribution is -2.27. The Morgan fingerprint density at radius 1 is 1.03 bits per heavy atom. The Hall–Kier alpha value is -5.24. The molecule has 1 aromatic carbocycles. The third kappa shape index (κ3) is 6.37. The molecule has 4 heterocycles. The summed E-state index contributed by atoms with van der Waals surface area (Å²) in [6.07, 6.45) is 6.96. The van der Waals surface area contributed by atoms with Crippen LogP contribution in [0.3, 0.4) is 0 Å². The van der Waals surface area contributed by atoms with Gasteiger partial charge < -0.3 is 10.1 Å². The number of pyridine rings is 1. The van der Waals surface area contributed by atoms with Gasteiger partial charge in [-0.15, -0.1) is 0 Å². The lowest BCUT2D eigenvalue weighted by atomic mass is 10.1. The van der Waals surface area contributed by atoms with E-state index in [0.29, 0.717) is 40.8 Å². The third-order valence-corrected chi connectivity index (χ3v) is 5.22. The molecule has 0 saturated heterocycles. The van der Waals surface area contributed by atoms with Crippen molar-refractivity contribution in [1.29, 1.82) is 0 Å². The maximum Gasteiger partial charge on any atom is 0.435 e. The largest absolute Gasteiger partial charge is 0.442 e. The van der Waals surface area contributed by atoms with Crippen molar-refractivity contribution in [3.8, 4) is 23.4 Å². The Labute approximate surface area is 223 Å². The highest BCUT2D eigenvalue weighted by Crippen LogP contribution is 2.18. The average Bonchev–Trinajstić information content (AvgIpc) is 3.34. The van der Waals surface area contributed by atoms with Crippen LogP contribution in [-0.2, 0) is 11.3 Å². The number of hydrogen-bond acceptors (Lipinski definition) is 9. The van der Waals surface area contributed by atoms with Gasteiger partial charge in [-0.1, -0.05) is 5.92 Å². The summed E-state index contributed by atoms with van der Waals surface area (Å²) in [5.74, 6) is 6.45. The summed E-state index contributed by atoms with van der Waals surface area (Å²) in [4.78, 5) is 33.7. The van der Waals surface area contributed by atoms with Gasteiger partial charge >= 0.3 is 6.09 Å². The predicted molar refractivity (Wildman–Crippen MR) is 142 cm³/mol. The quantitative estimate of drug-likeness (QED) is 0.337. The van der Waals surface area contributed by atoms with Gasteiger partial charge in [0.2, 0.25) is 5.95 Å². The minimum Gasteiger partial charge on any atom is -0.442 e. The number of rotatable bonds is 4. The standard InChI is InChI=1S/C28H23FN8O2/c1-28(2,3)39-27(38)37-24-7-5-18(12-20(24)16-34-37)4-6-22-8-10-31-25(35-22)23-9-11-32-26(36-23)33-15-19-13-21(29)17-30-14-19/h5,7-14,16-17H,15H2,1-3H3,(H,32,33,36). The van der Waals surface area contributed by atoms with Gasteiger partial charge in [0.1, 0.15) is 22.8 Å². The van der Waals surface area contributed by atoms with Crippen LogP contribution in [0.4, 0.5) is 15.1 Å². The summed E-state index contributed by atoms with van der Waals surface area (Å²) in [5, 5.41) is 7.96. The van der Waals surface area contributed by atoms with Crippen LogP contribution in [0, 0.1) is 17.7 Å². The molecule has 0 aliphatic carbocycles. The fourth-order valence-corrected chi connectivity index (χ4v) is 3.55. The van der Waals surface area contributed by atoms with E-state index in [2.05, 4.69) is 47.2 Å². The van der Waals surface area contributed by atoms with Crippen LogP contribution in [0.5, 0.6) is 0 Å². The average molecular weight is 523 g/mol. The first-order valence-corrected chi connectivity index (χ1v) is 12.0. The maximum absolute atomic E-state index is 13.4. The second kappa shape index (κ2) is 10.6. The minimum absolute atomic E-state index is 0.307. The van der Waals surface area contributed by atoms with E-state index in [4.69, 9.17) is 4.74 Å². The molecule has 5 aromatic rings. The Balaban J connectivity index is 1.32. The Morgan fingerprint density at radius 3 is 2.69 bits per heavy atom. The molecule has 5 rings (SSSR count). The summed E-state index contributed by atoms with van der Waals surface area (Å²) in [7, 11) is 0. The molecule has 0 radical (unpaired) electrons.